The van der Waals surface area contributed by atoms with Crippen LogP contribution in [0.25, 0.3) is 0 Å². The highest BCUT2D eigenvalue weighted by Crippen LogP contribution is 2.34. The van der Waals surface area contributed by atoms with Crippen LogP contribution in [-0.4, -0.2) is 75.5 Å². The van der Waals surface area contributed by atoms with Crippen molar-refractivity contribution in [2.45, 2.75) is 31.6 Å². The summed E-state index contributed by atoms with van der Waals surface area (Å²) >= 11 is 10.5. The number of halogens is 1. The lowest BCUT2D eigenvalue weighted by atomic mass is 10.0. The summed E-state index contributed by atoms with van der Waals surface area (Å²) in [5.41, 5.74) is 8.06. The fourth-order valence-electron chi connectivity index (χ4n) is 4.73. The minimum absolute atomic E-state index is 0.0105. The quantitative estimate of drug-likeness (QED) is 0.320. The molecule has 1 aliphatic heterocycles. The summed E-state index contributed by atoms with van der Waals surface area (Å²) < 4.78 is 0. The second-order valence-corrected chi connectivity index (χ2v) is 10.5. The van der Waals surface area contributed by atoms with E-state index >= 15 is 0 Å². The molecular formula is C30H30ClN5O5S. The number of aliphatic imine (C=N–C) groups is 1. The first-order valence-electron chi connectivity index (χ1n) is 13.0. The molecule has 0 fully saturated rings. The maximum atomic E-state index is 14.5. The maximum absolute atomic E-state index is 14.5. The number of hydrazine groups is 1. The van der Waals surface area contributed by atoms with Crippen molar-refractivity contribution in [3.63, 3.8) is 0 Å². The number of anilines is 1. The molecule has 2 unspecified atom stereocenters. The lowest BCUT2D eigenvalue weighted by molar-refractivity contribution is -0.152. The number of aliphatic carboxylic acids is 1. The molecular weight excluding hydrogens is 578 g/mol. The zero-order valence-electron chi connectivity index (χ0n) is 22.9. The molecule has 3 amide bonds. The first-order valence-corrected chi connectivity index (χ1v) is 14.0. The van der Waals surface area contributed by atoms with Gasteiger partial charge in [-0.2, -0.15) is 12.6 Å². The summed E-state index contributed by atoms with van der Waals surface area (Å²) in [7, 11) is 1.37. The van der Waals surface area contributed by atoms with Crippen LogP contribution in [0.5, 0.6) is 0 Å². The summed E-state index contributed by atoms with van der Waals surface area (Å²) in [6, 6.07) is 19.8. The van der Waals surface area contributed by atoms with Gasteiger partial charge in [-0.15, -0.1) is 0 Å². The third-order valence-corrected chi connectivity index (χ3v) is 7.42. The molecule has 0 saturated carbocycles. The Morgan fingerprint density at radius 2 is 1.69 bits per heavy atom. The van der Waals surface area contributed by atoms with Crippen molar-refractivity contribution in [2.75, 3.05) is 17.8 Å². The number of carboxylic acid groups (broad SMARTS) is 1. The molecule has 4 rings (SSSR count). The number of carbonyl (C=O) groups excluding carboxylic acids is 3. The monoisotopic (exact) mass is 607 g/mol. The molecule has 3 aromatic carbocycles. The van der Waals surface area contributed by atoms with E-state index in [0.29, 0.717) is 27.4 Å². The zero-order valence-corrected chi connectivity index (χ0v) is 24.6. The number of benzene rings is 3. The molecule has 0 bridgehead atoms. The number of nitrogens with two attached hydrogens (primary N) is 1. The minimum atomic E-state index is -1.52. The van der Waals surface area contributed by atoms with Crippen LogP contribution in [0, 0.1) is 0 Å². The smallest absolute Gasteiger partial charge is 0.328 e. The molecule has 0 saturated heterocycles. The second kappa shape index (κ2) is 13.2. The van der Waals surface area contributed by atoms with Crippen LogP contribution in [0.3, 0.4) is 0 Å². The van der Waals surface area contributed by atoms with Crippen LogP contribution in [0.1, 0.15) is 23.6 Å². The van der Waals surface area contributed by atoms with Crippen molar-refractivity contribution >= 4 is 59.3 Å². The van der Waals surface area contributed by atoms with Gasteiger partial charge in [0.1, 0.15) is 0 Å². The molecule has 0 radical (unpaired) electrons. The molecule has 0 aliphatic carbocycles. The van der Waals surface area contributed by atoms with Crippen LogP contribution >= 0.6 is 24.2 Å². The van der Waals surface area contributed by atoms with Crippen molar-refractivity contribution in [1.82, 2.24) is 9.91 Å². The number of nitrogens with zero attached hydrogens (tertiary/aromatic N) is 4. The van der Waals surface area contributed by atoms with E-state index in [1.807, 2.05) is 6.07 Å². The second-order valence-electron chi connectivity index (χ2n) is 9.67. The average Bonchev–Trinajstić information content (AvgIpc) is 3.10. The minimum Gasteiger partial charge on any atom is -0.480 e. The summed E-state index contributed by atoms with van der Waals surface area (Å²) in [5, 5.41) is 12.6. The Labute approximate surface area is 253 Å². The lowest BCUT2D eigenvalue weighted by Gasteiger charge is -2.39. The number of thiol groups is 1. The van der Waals surface area contributed by atoms with Gasteiger partial charge in [0.15, 0.2) is 6.04 Å². The fourth-order valence-corrected chi connectivity index (χ4v) is 5.06. The Balaban J connectivity index is 1.98. The van der Waals surface area contributed by atoms with Gasteiger partial charge in [-0.3, -0.25) is 14.4 Å². The van der Waals surface area contributed by atoms with Gasteiger partial charge in [0.25, 0.3) is 5.91 Å². The van der Waals surface area contributed by atoms with Gasteiger partial charge in [0, 0.05) is 42.3 Å². The van der Waals surface area contributed by atoms with Gasteiger partial charge in [-0.05, 0) is 23.8 Å². The highest BCUT2D eigenvalue weighted by molar-refractivity contribution is 7.80. The number of carboxylic acids is 1. The van der Waals surface area contributed by atoms with Crippen molar-refractivity contribution in [3.05, 3.63) is 101 Å². The SMILES string of the molecule is CC(=O)N([C@@H](Cc1ccccc1)C(=O)O)N1C(=O)C(N(C)C(=O)C(N)CS)N=C(c2ccccc2)c2cc(Cl)ccc21. The van der Waals surface area contributed by atoms with E-state index in [-0.39, 0.29) is 17.9 Å². The van der Waals surface area contributed by atoms with Crippen molar-refractivity contribution in [1.29, 1.82) is 0 Å². The number of hydrogen-bond donors (Lipinski definition) is 3. The molecule has 42 heavy (non-hydrogen) atoms. The van der Waals surface area contributed by atoms with Crippen LogP contribution in [-0.2, 0) is 25.6 Å². The van der Waals surface area contributed by atoms with Gasteiger partial charge in [0.2, 0.25) is 18.0 Å². The third-order valence-electron chi connectivity index (χ3n) is 6.79. The van der Waals surface area contributed by atoms with E-state index < -0.39 is 41.9 Å². The Morgan fingerprint density at radius 1 is 1.07 bits per heavy atom. The Bertz CT molecular complexity index is 1520. The van der Waals surface area contributed by atoms with Crippen molar-refractivity contribution in [3.8, 4) is 0 Å². The van der Waals surface area contributed by atoms with Crippen LogP contribution < -0.4 is 10.7 Å². The lowest BCUT2D eigenvalue weighted by Crippen LogP contribution is -2.62. The van der Waals surface area contributed by atoms with Gasteiger partial charge in [-0.25, -0.2) is 19.8 Å². The average molecular weight is 608 g/mol. The molecule has 218 valence electrons. The Kier molecular flexibility index (Phi) is 9.66. The van der Waals surface area contributed by atoms with Crippen LogP contribution in [0.15, 0.2) is 83.9 Å². The first-order chi connectivity index (χ1) is 20.0. The van der Waals surface area contributed by atoms with Gasteiger partial charge >= 0.3 is 5.97 Å². The number of carbonyl (C=O) groups is 4. The first kappa shape index (κ1) is 30.8. The van der Waals surface area contributed by atoms with E-state index in [1.54, 1.807) is 60.7 Å². The van der Waals surface area contributed by atoms with Gasteiger partial charge < -0.3 is 15.7 Å². The van der Waals surface area contributed by atoms with E-state index in [1.165, 1.54) is 26.1 Å². The Hall–Kier alpha value is -4.19. The highest BCUT2D eigenvalue weighted by atomic mass is 35.5. The zero-order chi connectivity index (χ0) is 30.6. The van der Waals surface area contributed by atoms with Gasteiger partial charge in [-0.1, -0.05) is 72.3 Å². The molecule has 1 heterocycles. The summed E-state index contributed by atoms with van der Waals surface area (Å²) in [5.74, 6) is -3.48. The molecule has 3 atom stereocenters. The van der Waals surface area contributed by atoms with Crippen LogP contribution in [0.4, 0.5) is 5.69 Å². The number of hydrogen-bond acceptors (Lipinski definition) is 7. The van der Waals surface area contributed by atoms with Crippen LogP contribution in [0.2, 0.25) is 5.02 Å². The Morgan fingerprint density at radius 3 is 2.26 bits per heavy atom. The molecule has 3 aromatic rings. The van der Waals surface area contributed by atoms with Gasteiger partial charge in [0.05, 0.1) is 17.4 Å². The summed E-state index contributed by atoms with van der Waals surface area (Å²) in [6.07, 6.45) is -1.61. The summed E-state index contributed by atoms with van der Waals surface area (Å²) in [4.78, 5) is 59.6. The van der Waals surface area contributed by atoms with Crippen molar-refractivity contribution in [2.24, 2.45) is 10.7 Å². The number of benzodiazepines with no additional fused rings is 1. The predicted molar refractivity (Wildman–Crippen MR) is 163 cm³/mol. The molecule has 0 aromatic heterocycles. The molecule has 12 heteroatoms. The molecule has 1 aliphatic rings. The van der Waals surface area contributed by atoms with E-state index in [4.69, 9.17) is 22.3 Å². The maximum Gasteiger partial charge on any atom is 0.328 e. The number of likely N-dealkylation sites (N-methyl/N-ethyl adjacent to an activating group) is 1. The summed E-state index contributed by atoms with van der Waals surface area (Å²) in [6.45, 7) is 1.17. The molecule has 10 nitrogen and oxygen atoms in total. The largest absolute Gasteiger partial charge is 0.480 e. The predicted octanol–water partition coefficient (Wildman–Crippen LogP) is 3.03. The number of fused-ring (bicyclic) bond motifs is 1. The molecule has 0 spiro atoms. The number of rotatable bonds is 9. The number of amides is 3. The highest BCUT2D eigenvalue weighted by Gasteiger charge is 2.44. The normalized spacial score (nSPS) is 16.0. The van der Waals surface area contributed by atoms with E-state index in [9.17, 15) is 24.3 Å². The fraction of sp³-hybridized carbons (Fsp3) is 0.233. The third kappa shape index (κ3) is 6.33. The molecule has 3 N–H and O–H groups in total. The van der Waals surface area contributed by atoms with E-state index in [0.717, 1.165) is 14.9 Å². The van der Waals surface area contributed by atoms with Crippen molar-refractivity contribution < 1.29 is 24.3 Å². The standard InChI is InChI=1S/C30H30ClN5O5S/c1-18(37)35(25(30(40)41)15-19-9-5-3-6-10-19)36-24-14-13-21(31)16-22(24)26(20-11-7-4-8-12-20)33-27(29(36)39)34(2)28(38)23(32)17-42/h3-14,16,23,25,27,42H,15,17,32H2,1-2H3,(H,40,41)/t23?,25-,27?/m0/s1. The van der Waals surface area contributed by atoms with E-state index in [2.05, 4.69) is 12.6 Å². The topological polar surface area (TPSA) is 137 Å².